The van der Waals surface area contributed by atoms with Crippen LogP contribution in [0.2, 0.25) is 0 Å². The second-order valence-corrected chi connectivity index (χ2v) is 10.1. The van der Waals surface area contributed by atoms with Gasteiger partial charge < -0.3 is 4.90 Å². The van der Waals surface area contributed by atoms with E-state index in [1.165, 1.54) is 0 Å². The predicted molar refractivity (Wildman–Crippen MR) is 127 cm³/mol. The molecule has 6 nitrogen and oxygen atoms in total. The standard InChI is InChI=1S/C27H30N4O2/c1-2-3-23-11-10-22(14-28-23)19-4-6-20(7-5-19)24-29-27(12-13-27)26(33)31(24)17-18-15-30(16-18)25(32)21-8-9-21/h4-7,10-11,14,18,21H,2-3,8-9,12-13,15-17H2,1H3. The second kappa shape index (κ2) is 7.79. The molecule has 0 N–H and O–H groups in total. The van der Waals surface area contributed by atoms with E-state index in [9.17, 15) is 9.59 Å². The van der Waals surface area contributed by atoms with Crippen LogP contribution in [0.4, 0.5) is 0 Å². The number of rotatable bonds is 7. The van der Waals surface area contributed by atoms with Gasteiger partial charge in [0.15, 0.2) is 0 Å². The Kier molecular flexibility index (Phi) is 4.86. The molecule has 3 fully saturated rings. The highest BCUT2D eigenvalue weighted by Gasteiger charge is 2.57. The quantitative estimate of drug-likeness (QED) is 0.657. The molecule has 0 bridgehead atoms. The van der Waals surface area contributed by atoms with Crippen LogP contribution in [0.5, 0.6) is 0 Å². The molecule has 1 saturated heterocycles. The molecule has 170 valence electrons. The maximum atomic E-state index is 13.2. The first-order chi connectivity index (χ1) is 16.1. The van der Waals surface area contributed by atoms with Crippen molar-refractivity contribution in [2.24, 2.45) is 16.8 Å². The number of amidine groups is 1. The average Bonchev–Trinajstić information content (AvgIpc) is 3.72. The van der Waals surface area contributed by atoms with E-state index < -0.39 is 5.54 Å². The Balaban J connectivity index is 1.17. The highest BCUT2D eigenvalue weighted by Crippen LogP contribution is 2.46. The number of hydrogen-bond acceptors (Lipinski definition) is 4. The summed E-state index contributed by atoms with van der Waals surface area (Å²) in [7, 11) is 0. The monoisotopic (exact) mass is 442 g/mol. The van der Waals surface area contributed by atoms with E-state index in [0.717, 1.165) is 79.8 Å². The molecule has 1 spiro atoms. The lowest BCUT2D eigenvalue weighted by molar-refractivity contribution is -0.139. The van der Waals surface area contributed by atoms with Gasteiger partial charge in [0.1, 0.15) is 11.4 Å². The van der Waals surface area contributed by atoms with E-state index >= 15 is 0 Å². The molecule has 1 aromatic heterocycles. The number of pyridine rings is 1. The fourth-order valence-electron chi connectivity index (χ4n) is 5.02. The second-order valence-electron chi connectivity index (χ2n) is 10.1. The van der Waals surface area contributed by atoms with Crippen molar-refractivity contribution < 1.29 is 9.59 Å². The minimum atomic E-state index is -0.514. The van der Waals surface area contributed by atoms with Gasteiger partial charge in [0.25, 0.3) is 5.91 Å². The fourth-order valence-corrected chi connectivity index (χ4v) is 5.02. The lowest BCUT2D eigenvalue weighted by Gasteiger charge is -2.41. The van der Waals surface area contributed by atoms with E-state index in [2.05, 4.69) is 48.3 Å². The van der Waals surface area contributed by atoms with Crippen LogP contribution in [0.3, 0.4) is 0 Å². The largest absolute Gasteiger partial charge is 0.342 e. The van der Waals surface area contributed by atoms with Crippen molar-refractivity contribution in [2.45, 2.75) is 51.0 Å². The van der Waals surface area contributed by atoms with E-state index in [-0.39, 0.29) is 11.8 Å². The van der Waals surface area contributed by atoms with Gasteiger partial charge in [-0.15, -0.1) is 0 Å². The molecule has 4 aliphatic rings. The predicted octanol–water partition coefficient (Wildman–Crippen LogP) is 3.69. The van der Waals surface area contributed by atoms with Crippen LogP contribution in [0.1, 0.15) is 50.3 Å². The maximum absolute atomic E-state index is 13.2. The van der Waals surface area contributed by atoms with E-state index in [1.807, 2.05) is 16.0 Å². The van der Waals surface area contributed by atoms with Crippen molar-refractivity contribution in [1.29, 1.82) is 0 Å². The van der Waals surface area contributed by atoms with Gasteiger partial charge in [-0.3, -0.25) is 24.5 Å². The average molecular weight is 443 g/mol. The Morgan fingerprint density at radius 2 is 1.73 bits per heavy atom. The zero-order chi connectivity index (χ0) is 22.6. The van der Waals surface area contributed by atoms with Crippen LogP contribution in [-0.2, 0) is 16.0 Å². The molecule has 6 heteroatoms. The van der Waals surface area contributed by atoms with Crippen LogP contribution < -0.4 is 0 Å². The number of nitrogens with zero attached hydrogens (tertiary/aromatic N) is 4. The number of benzene rings is 1. The third-order valence-corrected chi connectivity index (χ3v) is 7.39. The Hall–Kier alpha value is -3.02. The third-order valence-electron chi connectivity index (χ3n) is 7.39. The van der Waals surface area contributed by atoms with Gasteiger partial charge >= 0.3 is 0 Å². The molecule has 2 aliphatic carbocycles. The van der Waals surface area contributed by atoms with E-state index in [4.69, 9.17) is 4.99 Å². The number of aromatic nitrogens is 1. The summed E-state index contributed by atoms with van der Waals surface area (Å²) in [6.45, 7) is 4.34. The van der Waals surface area contributed by atoms with Crippen molar-refractivity contribution in [2.75, 3.05) is 19.6 Å². The van der Waals surface area contributed by atoms with Crippen LogP contribution >= 0.6 is 0 Å². The maximum Gasteiger partial charge on any atom is 0.256 e. The minimum Gasteiger partial charge on any atom is -0.342 e. The normalized spacial score (nSPS) is 21.4. The summed E-state index contributed by atoms with van der Waals surface area (Å²) in [6.07, 6.45) is 7.80. The number of aryl methyl sites for hydroxylation is 1. The van der Waals surface area contributed by atoms with Gasteiger partial charge in [0.2, 0.25) is 5.91 Å². The van der Waals surface area contributed by atoms with Crippen LogP contribution in [-0.4, -0.2) is 57.6 Å². The number of carbonyl (C=O) groups excluding carboxylic acids is 2. The molecule has 2 aliphatic heterocycles. The molecular formula is C27H30N4O2. The topological polar surface area (TPSA) is 65.9 Å². The Labute approximate surface area is 194 Å². The SMILES string of the molecule is CCCc1ccc(-c2ccc(C3=NC4(CC4)C(=O)N3CC3CN(C(=O)C4CC4)C3)cc2)cn1. The smallest absolute Gasteiger partial charge is 0.256 e. The molecule has 2 aromatic rings. The highest BCUT2D eigenvalue weighted by molar-refractivity contribution is 6.16. The van der Waals surface area contributed by atoms with E-state index in [1.54, 1.807) is 0 Å². The summed E-state index contributed by atoms with van der Waals surface area (Å²) in [5, 5.41) is 0. The molecular weight excluding hydrogens is 412 g/mol. The first-order valence-electron chi connectivity index (χ1n) is 12.3. The molecule has 2 saturated carbocycles. The number of carbonyl (C=O) groups is 2. The number of amides is 2. The number of likely N-dealkylation sites (tertiary alicyclic amines) is 1. The van der Waals surface area contributed by atoms with Crippen molar-refractivity contribution in [1.82, 2.24) is 14.8 Å². The summed E-state index contributed by atoms with van der Waals surface area (Å²) in [5.41, 5.74) is 3.80. The Morgan fingerprint density at radius 3 is 2.33 bits per heavy atom. The fraction of sp³-hybridized carbons (Fsp3) is 0.481. The Morgan fingerprint density at radius 1 is 1.03 bits per heavy atom. The van der Waals surface area contributed by atoms with Crippen LogP contribution in [0, 0.1) is 11.8 Å². The number of aliphatic imine (C=N–C) groups is 1. The van der Waals surface area contributed by atoms with Gasteiger partial charge in [-0.2, -0.15) is 0 Å². The summed E-state index contributed by atoms with van der Waals surface area (Å²) >= 11 is 0. The van der Waals surface area contributed by atoms with Crippen molar-refractivity contribution in [3.8, 4) is 11.1 Å². The summed E-state index contributed by atoms with van der Waals surface area (Å²) in [5.74, 6) is 1.85. The first-order valence-corrected chi connectivity index (χ1v) is 12.3. The molecule has 2 amide bonds. The van der Waals surface area contributed by atoms with E-state index in [0.29, 0.717) is 18.4 Å². The van der Waals surface area contributed by atoms with Gasteiger partial charge in [-0.25, -0.2) is 0 Å². The summed E-state index contributed by atoms with van der Waals surface area (Å²) in [6, 6.07) is 12.5. The molecule has 0 unspecified atom stereocenters. The van der Waals surface area contributed by atoms with Crippen LogP contribution in [0.25, 0.3) is 11.1 Å². The molecule has 3 heterocycles. The lowest BCUT2D eigenvalue weighted by Crippen LogP contribution is -2.55. The molecule has 33 heavy (non-hydrogen) atoms. The summed E-state index contributed by atoms with van der Waals surface area (Å²) in [4.78, 5) is 38.8. The van der Waals surface area contributed by atoms with Gasteiger partial charge in [-0.1, -0.05) is 43.7 Å². The van der Waals surface area contributed by atoms with Gasteiger partial charge in [0.05, 0.1) is 0 Å². The molecule has 0 radical (unpaired) electrons. The lowest BCUT2D eigenvalue weighted by atomic mass is 9.98. The summed E-state index contributed by atoms with van der Waals surface area (Å²) < 4.78 is 0. The first kappa shape index (κ1) is 20.6. The number of hydrogen-bond donors (Lipinski definition) is 0. The third kappa shape index (κ3) is 3.75. The molecule has 0 atom stereocenters. The molecule has 6 rings (SSSR count). The molecule has 1 aromatic carbocycles. The van der Waals surface area contributed by atoms with Crippen molar-refractivity contribution >= 4 is 17.6 Å². The zero-order valence-corrected chi connectivity index (χ0v) is 19.2. The van der Waals surface area contributed by atoms with Gasteiger partial charge in [-0.05, 0) is 43.7 Å². The highest BCUT2D eigenvalue weighted by atomic mass is 16.2. The minimum absolute atomic E-state index is 0.143. The Bertz CT molecular complexity index is 1110. The van der Waals surface area contributed by atoms with Gasteiger partial charge in [0, 0.05) is 54.5 Å². The zero-order valence-electron chi connectivity index (χ0n) is 19.2. The van der Waals surface area contributed by atoms with Crippen molar-refractivity contribution in [3.63, 3.8) is 0 Å². The van der Waals surface area contributed by atoms with Crippen molar-refractivity contribution in [3.05, 3.63) is 53.9 Å². The van der Waals surface area contributed by atoms with Crippen LogP contribution in [0.15, 0.2) is 47.6 Å².